The molecule has 9 heteroatoms. The zero-order valence-corrected chi connectivity index (χ0v) is 13.2. The molecule has 4 rings (SSSR count). The molecule has 2 aliphatic heterocycles. The van der Waals surface area contributed by atoms with Crippen LogP contribution in [0.3, 0.4) is 0 Å². The Balaban J connectivity index is 2.10. The van der Waals surface area contributed by atoms with Gasteiger partial charge in [0.15, 0.2) is 11.0 Å². The maximum atomic E-state index is 14.4. The van der Waals surface area contributed by atoms with Gasteiger partial charge in [0.05, 0.1) is 17.4 Å². The van der Waals surface area contributed by atoms with Crippen LogP contribution >= 0.6 is 11.6 Å². The molecule has 116 valence electrons. The Kier molecular flexibility index (Phi) is 3.19. The smallest absolute Gasteiger partial charge is 0.228 e. The maximum absolute atomic E-state index is 14.4. The van der Waals surface area contributed by atoms with Crippen LogP contribution in [0.1, 0.15) is 12.8 Å². The highest BCUT2D eigenvalue weighted by Gasteiger charge is 2.35. The van der Waals surface area contributed by atoms with E-state index in [-0.39, 0.29) is 21.7 Å². The minimum atomic E-state index is -1.43. The highest BCUT2D eigenvalue weighted by Crippen LogP contribution is 2.40. The number of rotatable bonds is 1. The van der Waals surface area contributed by atoms with E-state index in [1.54, 1.807) is 0 Å². The van der Waals surface area contributed by atoms with Crippen LogP contribution in [-0.2, 0) is 10.8 Å². The van der Waals surface area contributed by atoms with Gasteiger partial charge in [0.25, 0.3) is 0 Å². The zero-order chi connectivity index (χ0) is 15.4. The summed E-state index contributed by atoms with van der Waals surface area (Å²) in [5.41, 5.74) is 0.0118. The summed E-state index contributed by atoms with van der Waals surface area (Å²) in [5.74, 6) is 0.0245. The molecule has 1 unspecified atom stereocenters. The molecule has 0 N–H and O–H groups in total. The molecule has 2 aromatic heterocycles. The standard InChI is InChI=1S/C13H12ClFN4O2S/c1-22(20)13-16-9-7-11(18-13)19-4-2-6(19)3-5-21-12(7)17-10(14)8(9)15/h6H,2-5H2,1H3/t6-,22?/m0/s1. The number of fused-ring (bicyclic) bond motifs is 2. The van der Waals surface area contributed by atoms with Crippen LogP contribution in [0, 0.1) is 5.82 Å². The third-order valence-electron chi connectivity index (χ3n) is 4.04. The van der Waals surface area contributed by atoms with Crippen LogP contribution < -0.4 is 9.64 Å². The van der Waals surface area contributed by atoms with Gasteiger partial charge in [-0.05, 0) is 6.42 Å². The van der Waals surface area contributed by atoms with Crippen molar-refractivity contribution in [2.24, 2.45) is 0 Å². The van der Waals surface area contributed by atoms with Crippen molar-refractivity contribution in [1.29, 1.82) is 0 Å². The van der Waals surface area contributed by atoms with E-state index in [4.69, 9.17) is 16.3 Å². The third kappa shape index (κ3) is 1.97. The summed E-state index contributed by atoms with van der Waals surface area (Å²) in [4.78, 5) is 14.5. The van der Waals surface area contributed by atoms with Gasteiger partial charge in [0.1, 0.15) is 16.7 Å². The number of hydrogen-bond acceptors (Lipinski definition) is 6. The second-order valence-corrected chi connectivity index (χ2v) is 6.93. The fourth-order valence-electron chi connectivity index (χ4n) is 2.83. The number of anilines is 1. The molecule has 0 amide bonds. The van der Waals surface area contributed by atoms with Gasteiger partial charge in [-0.3, -0.25) is 4.21 Å². The predicted octanol–water partition coefficient (Wildman–Crippen LogP) is 1.92. The van der Waals surface area contributed by atoms with Crippen molar-refractivity contribution in [3.05, 3.63) is 11.0 Å². The average Bonchev–Trinajstić information content (AvgIpc) is 2.45. The summed E-state index contributed by atoms with van der Waals surface area (Å²) in [6, 6.07) is 0.295. The van der Waals surface area contributed by atoms with Crippen molar-refractivity contribution in [2.75, 3.05) is 24.3 Å². The van der Waals surface area contributed by atoms with E-state index >= 15 is 0 Å². The SMILES string of the molecule is CS(=O)c1nc2c3c(nc(Cl)c(F)c3n1)OCC[C@@H]1CCN21. The first-order valence-corrected chi connectivity index (χ1v) is 8.79. The van der Waals surface area contributed by atoms with Crippen LogP contribution in [0.4, 0.5) is 10.2 Å². The first-order chi connectivity index (χ1) is 10.6. The lowest BCUT2D eigenvalue weighted by Crippen LogP contribution is -2.49. The molecule has 22 heavy (non-hydrogen) atoms. The minimum Gasteiger partial charge on any atom is -0.477 e. The van der Waals surface area contributed by atoms with Gasteiger partial charge in [-0.15, -0.1) is 0 Å². The Hall–Kier alpha value is -1.54. The van der Waals surface area contributed by atoms with Crippen LogP contribution in [0.5, 0.6) is 5.88 Å². The molecule has 1 saturated heterocycles. The molecule has 0 radical (unpaired) electrons. The molecule has 6 nitrogen and oxygen atoms in total. The predicted molar refractivity (Wildman–Crippen MR) is 80.5 cm³/mol. The second kappa shape index (κ2) is 4.99. The van der Waals surface area contributed by atoms with Crippen molar-refractivity contribution in [3.8, 4) is 5.88 Å². The molecule has 1 fully saturated rings. The Bertz CT molecular complexity index is 818. The average molecular weight is 343 g/mol. The Morgan fingerprint density at radius 3 is 2.86 bits per heavy atom. The quantitative estimate of drug-likeness (QED) is 0.582. The normalized spacial score (nSPS) is 21.4. The summed E-state index contributed by atoms with van der Waals surface area (Å²) in [7, 11) is -1.43. The van der Waals surface area contributed by atoms with Crippen LogP contribution in [0.25, 0.3) is 10.9 Å². The van der Waals surface area contributed by atoms with E-state index < -0.39 is 16.6 Å². The molecular weight excluding hydrogens is 331 g/mol. The third-order valence-corrected chi connectivity index (χ3v) is 4.98. The van der Waals surface area contributed by atoms with Crippen LogP contribution in [0.2, 0.25) is 5.15 Å². The van der Waals surface area contributed by atoms with Crippen molar-refractivity contribution in [1.82, 2.24) is 15.0 Å². The van der Waals surface area contributed by atoms with Gasteiger partial charge in [-0.1, -0.05) is 11.6 Å². The Morgan fingerprint density at radius 2 is 2.18 bits per heavy atom. The van der Waals surface area contributed by atoms with Crippen molar-refractivity contribution in [2.45, 2.75) is 24.0 Å². The molecule has 2 aromatic rings. The number of nitrogens with zero attached hydrogens (tertiary/aromatic N) is 4. The molecule has 0 aromatic carbocycles. The highest BCUT2D eigenvalue weighted by atomic mass is 35.5. The Morgan fingerprint density at radius 1 is 1.36 bits per heavy atom. The molecule has 0 spiro atoms. The lowest BCUT2D eigenvalue weighted by atomic mass is 9.99. The molecule has 0 bridgehead atoms. The lowest BCUT2D eigenvalue weighted by Gasteiger charge is -2.43. The molecule has 2 aliphatic rings. The maximum Gasteiger partial charge on any atom is 0.228 e. The van der Waals surface area contributed by atoms with Gasteiger partial charge >= 0.3 is 0 Å². The fourth-order valence-corrected chi connectivity index (χ4v) is 3.43. The summed E-state index contributed by atoms with van der Waals surface area (Å²) in [5, 5.41) is 0.182. The van der Waals surface area contributed by atoms with Crippen LogP contribution in [0.15, 0.2) is 5.16 Å². The van der Waals surface area contributed by atoms with E-state index in [0.717, 1.165) is 19.4 Å². The number of halogens is 2. The number of pyridine rings is 1. The van der Waals surface area contributed by atoms with E-state index in [9.17, 15) is 8.60 Å². The molecule has 0 aliphatic carbocycles. The number of aromatic nitrogens is 3. The van der Waals surface area contributed by atoms with Gasteiger partial charge in [0, 0.05) is 25.3 Å². The molecule has 2 atom stereocenters. The van der Waals surface area contributed by atoms with Crippen LogP contribution in [-0.4, -0.2) is 44.6 Å². The largest absolute Gasteiger partial charge is 0.477 e. The Labute approximate surface area is 133 Å². The summed E-state index contributed by atoms with van der Waals surface area (Å²) in [6.07, 6.45) is 3.31. The second-order valence-electron chi connectivity index (χ2n) is 5.30. The van der Waals surface area contributed by atoms with E-state index in [1.165, 1.54) is 6.26 Å². The van der Waals surface area contributed by atoms with Gasteiger partial charge in [-0.2, -0.15) is 4.98 Å². The van der Waals surface area contributed by atoms with Crippen molar-refractivity contribution >= 4 is 39.1 Å². The monoisotopic (exact) mass is 342 g/mol. The number of ether oxygens (including phenoxy) is 1. The summed E-state index contributed by atoms with van der Waals surface area (Å²) >= 11 is 5.84. The fraction of sp³-hybridized carbons (Fsp3) is 0.462. The van der Waals surface area contributed by atoms with Gasteiger partial charge in [0.2, 0.25) is 11.0 Å². The number of hydrogen-bond donors (Lipinski definition) is 0. The van der Waals surface area contributed by atoms with Crippen molar-refractivity contribution in [3.63, 3.8) is 0 Å². The molecule has 0 saturated carbocycles. The first kappa shape index (κ1) is 14.1. The van der Waals surface area contributed by atoms with Gasteiger partial charge in [-0.25, -0.2) is 14.4 Å². The van der Waals surface area contributed by atoms with Crippen molar-refractivity contribution < 1.29 is 13.3 Å². The highest BCUT2D eigenvalue weighted by molar-refractivity contribution is 7.84. The first-order valence-electron chi connectivity index (χ1n) is 6.86. The minimum absolute atomic E-state index is 0.0118. The lowest BCUT2D eigenvalue weighted by molar-refractivity contribution is 0.262. The topological polar surface area (TPSA) is 68.2 Å². The van der Waals surface area contributed by atoms with Gasteiger partial charge < -0.3 is 9.64 Å². The summed E-state index contributed by atoms with van der Waals surface area (Å²) in [6.45, 7) is 1.29. The van der Waals surface area contributed by atoms with E-state index in [1.807, 2.05) is 0 Å². The molecular formula is C13H12ClFN4O2S. The summed E-state index contributed by atoms with van der Waals surface area (Å²) < 4.78 is 31.8. The van der Waals surface area contributed by atoms with E-state index in [0.29, 0.717) is 23.9 Å². The van der Waals surface area contributed by atoms with E-state index in [2.05, 4.69) is 19.9 Å². The molecule has 4 heterocycles. The zero-order valence-electron chi connectivity index (χ0n) is 11.7.